The molecule has 112 valence electrons. The molecule has 0 aromatic heterocycles. The van der Waals surface area contributed by atoms with E-state index >= 15 is 0 Å². The largest absolute Gasteiger partial charge is 0.504 e. The number of hydrogen-bond donors (Lipinski definition) is 2. The number of ether oxygens (including phenoxy) is 1. The number of hydrogen-bond acceptors (Lipinski definition) is 4. The smallest absolute Gasteiger partial charge is 0.308 e. The number of nitrogens with zero attached hydrogens (tertiary/aromatic N) is 1. The van der Waals surface area contributed by atoms with Gasteiger partial charge in [-0.05, 0) is 37.5 Å². The van der Waals surface area contributed by atoms with Crippen molar-refractivity contribution in [2.75, 3.05) is 7.11 Å². The van der Waals surface area contributed by atoms with Crippen molar-refractivity contribution in [3.8, 4) is 11.5 Å². The van der Waals surface area contributed by atoms with Crippen molar-refractivity contribution >= 4 is 11.9 Å². The van der Waals surface area contributed by atoms with Crippen LogP contribution >= 0.6 is 0 Å². The average Bonchev–Trinajstić information content (AvgIpc) is 3.04. The highest BCUT2D eigenvalue weighted by molar-refractivity contribution is 5.96. The van der Waals surface area contributed by atoms with Crippen LogP contribution in [-0.2, 0) is 4.79 Å². The molecular weight excluding hydrogens is 274 g/mol. The second kappa shape index (κ2) is 4.95. The number of phenols is 1. The van der Waals surface area contributed by atoms with Crippen LogP contribution < -0.4 is 4.74 Å². The molecule has 21 heavy (non-hydrogen) atoms. The number of rotatable bonds is 3. The van der Waals surface area contributed by atoms with Crippen LogP contribution in [0.2, 0.25) is 0 Å². The van der Waals surface area contributed by atoms with Crippen LogP contribution in [0.5, 0.6) is 11.5 Å². The molecule has 2 aliphatic heterocycles. The minimum atomic E-state index is -0.836. The summed E-state index contributed by atoms with van der Waals surface area (Å²) in [4.78, 5) is 25.5. The van der Waals surface area contributed by atoms with Crippen LogP contribution in [-0.4, -0.2) is 46.2 Å². The van der Waals surface area contributed by atoms with E-state index in [-0.39, 0.29) is 23.7 Å². The van der Waals surface area contributed by atoms with Crippen molar-refractivity contribution in [2.45, 2.75) is 31.3 Å². The molecule has 0 radical (unpaired) electrons. The second-order valence-electron chi connectivity index (χ2n) is 5.58. The maximum absolute atomic E-state index is 12.6. The van der Waals surface area contributed by atoms with Gasteiger partial charge in [0.1, 0.15) is 0 Å². The van der Waals surface area contributed by atoms with E-state index in [1.165, 1.54) is 19.2 Å². The van der Waals surface area contributed by atoms with Crippen LogP contribution in [0.3, 0.4) is 0 Å². The predicted octanol–water partition coefficient (Wildman–Crippen LogP) is 1.48. The van der Waals surface area contributed by atoms with Crippen LogP contribution in [0.15, 0.2) is 18.2 Å². The zero-order valence-electron chi connectivity index (χ0n) is 11.7. The van der Waals surface area contributed by atoms with Gasteiger partial charge in [0.05, 0.1) is 13.0 Å². The van der Waals surface area contributed by atoms with E-state index < -0.39 is 11.9 Å². The van der Waals surface area contributed by atoms with Crippen molar-refractivity contribution < 1.29 is 24.5 Å². The van der Waals surface area contributed by atoms with Gasteiger partial charge in [-0.15, -0.1) is 0 Å². The maximum Gasteiger partial charge on any atom is 0.308 e. The van der Waals surface area contributed by atoms with Crippen molar-refractivity contribution in [1.29, 1.82) is 0 Å². The first-order chi connectivity index (χ1) is 10.0. The molecule has 0 spiro atoms. The number of amides is 1. The quantitative estimate of drug-likeness (QED) is 0.880. The number of fused-ring (bicyclic) bond motifs is 2. The molecule has 1 aromatic carbocycles. The van der Waals surface area contributed by atoms with Gasteiger partial charge in [-0.25, -0.2) is 0 Å². The van der Waals surface area contributed by atoms with E-state index in [2.05, 4.69) is 0 Å². The van der Waals surface area contributed by atoms with Gasteiger partial charge < -0.3 is 19.8 Å². The van der Waals surface area contributed by atoms with E-state index in [1.54, 1.807) is 11.0 Å². The van der Waals surface area contributed by atoms with E-state index in [9.17, 15) is 19.8 Å². The number of methoxy groups -OCH3 is 1. The fraction of sp³-hybridized carbons (Fsp3) is 0.467. The first-order valence-corrected chi connectivity index (χ1v) is 6.95. The lowest BCUT2D eigenvalue weighted by Gasteiger charge is -2.23. The van der Waals surface area contributed by atoms with Gasteiger partial charge in [0.2, 0.25) is 0 Å². The summed E-state index contributed by atoms with van der Waals surface area (Å²) in [5.74, 6) is -1.31. The summed E-state index contributed by atoms with van der Waals surface area (Å²) < 4.78 is 4.96. The van der Waals surface area contributed by atoms with Crippen LogP contribution in [0.4, 0.5) is 0 Å². The van der Waals surface area contributed by atoms with Crippen molar-refractivity contribution in [3.05, 3.63) is 23.8 Å². The monoisotopic (exact) mass is 291 g/mol. The highest BCUT2D eigenvalue weighted by atomic mass is 16.5. The predicted molar refractivity (Wildman–Crippen MR) is 73.4 cm³/mol. The Kier molecular flexibility index (Phi) is 3.23. The number of carboxylic acids is 1. The Labute approximate surface area is 121 Å². The number of carbonyl (C=O) groups excluding carboxylic acids is 1. The molecule has 1 aromatic rings. The topological polar surface area (TPSA) is 87.1 Å². The van der Waals surface area contributed by atoms with Gasteiger partial charge in [-0.2, -0.15) is 0 Å². The number of carbonyl (C=O) groups is 2. The molecule has 2 saturated heterocycles. The Morgan fingerprint density at radius 1 is 1.33 bits per heavy atom. The van der Waals surface area contributed by atoms with E-state index in [0.717, 1.165) is 12.8 Å². The van der Waals surface area contributed by atoms with Crippen molar-refractivity contribution in [1.82, 2.24) is 4.90 Å². The Balaban J connectivity index is 1.86. The molecule has 2 N–H and O–H groups in total. The normalized spacial score (nSPS) is 26.9. The van der Waals surface area contributed by atoms with Gasteiger partial charge in [0, 0.05) is 17.6 Å². The number of aromatic hydroxyl groups is 1. The highest BCUT2D eigenvalue weighted by Crippen LogP contribution is 2.43. The van der Waals surface area contributed by atoms with E-state index in [4.69, 9.17) is 4.74 Å². The molecule has 2 heterocycles. The van der Waals surface area contributed by atoms with Gasteiger partial charge >= 0.3 is 5.97 Å². The van der Waals surface area contributed by atoms with Crippen LogP contribution in [0, 0.1) is 5.92 Å². The van der Waals surface area contributed by atoms with Crippen molar-refractivity contribution in [2.24, 2.45) is 5.92 Å². The molecule has 3 unspecified atom stereocenters. The van der Waals surface area contributed by atoms with Gasteiger partial charge in [0.15, 0.2) is 11.5 Å². The number of phenolic OH excluding ortho intramolecular Hbond substituents is 1. The minimum absolute atomic E-state index is 0.00663. The standard InChI is InChI=1S/C15H17NO5/c1-21-13-5-2-8(6-12(13)17)14(18)16-9-3-4-11(16)10(7-9)15(19)20/h2,5-6,9-11,17H,3-4,7H2,1H3,(H,19,20). The molecule has 6 heteroatoms. The van der Waals surface area contributed by atoms with E-state index in [1.807, 2.05) is 0 Å². The van der Waals surface area contributed by atoms with Gasteiger partial charge in [-0.1, -0.05) is 0 Å². The van der Waals surface area contributed by atoms with Crippen molar-refractivity contribution in [3.63, 3.8) is 0 Å². The summed E-state index contributed by atoms with van der Waals surface area (Å²) >= 11 is 0. The first-order valence-electron chi connectivity index (χ1n) is 6.95. The number of aliphatic carboxylic acids is 1. The fourth-order valence-corrected chi connectivity index (χ4v) is 3.54. The summed E-state index contributed by atoms with van der Waals surface area (Å²) in [5, 5.41) is 19.0. The van der Waals surface area contributed by atoms with Gasteiger partial charge in [-0.3, -0.25) is 9.59 Å². The lowest BCUT2D eigenvalue weighted by atomic mass is 9.89. The lowest BCUT2D eigenvalue weighted by molar-refractivity contribution is -0.142. The Hall–Kier alpha value is -2.24. The summed E-state index contributed by atoms with van der Waals surface area (Å²) in [5.41, 5.74) is 0.358. The molecule has 2 fully saturated rings. The molecule has 6 nitrogen and oxygen atoms in total. The lowest BCUT2D eigenvalue weighted by Crippen LogP contribution is -2.37. The zero-order valence-corrected chi connectivity index (χ0v) is 11.7. The Morgan fingerprint density at radius 2 is 2.10 bits per heavy atom. The third-order valence-electron chi connectivity index (χ3n) is 4.51. The summed E-state index contributed by atoms with van der Waals surface area (Å²) in [7, 11) is 1.44. The molecule has 2 bridgehead atoms. The summed E-state index contributed by atoms with van der Waals surface area (Å²) in [6.07, 6.45) is 2.10. The van der Waals surface area contributed by atoms with E-state index in [0.29, 0.717) is 17.7 Å². The van der Waals surface area contributed by atoms with Crippen LogP contribution in [0.25, 0.3) is 0 Å². The SMILES string of the molecule is COc1ccc(C(=O)N2C3CCC2C(C(=O)O)C3)cc1O. The van der Waals surface area contributed by atoms with Gasteiger partial charge in [0.25, 0.3) is 5.91 Å². The Morgan fingerprint density at radius 3 is 2.67 bits per heavy atom. The third-order valence-corrected chi connectivity index (χ3v) is 4.51. The third kappa shape index (κ3) is 2.11. The number of carboxylic acid groups (broad SMARTS) is 1. The minimum Gasteiger partial charge on any atom is -0.504 e. The summed E-state index contributed by atoms with van der Waals surface area (Å²) in [6, 6.07) is 4.26. The molecule has 3 rings (SSSR count). The average molecular weight is 291 g/mol. The maximum atomic E-state index is 12.6. The zero-order chi connectivity index (χ0) is 15.1. The number of benzene rings is 1. The van der Waals surface area contributed by atoms with Crippen LogP contribution in [0.1, 0.15) is 29.6 Å². The molecule has 2 aliphatic rings. The second-order valence-corrected chi connectivity index (χ2v) is 5.58. The molecule has 3 atom stereocenters. The summed E-state index contributed by atoms with van der Waals surface area (Å²) in [6.45, 7) is 0. The molecule has 0 aliphatic carbocycles. The Bertz CT molecular complexity index is 600. The first kappa shape index (κ1) is 13.7. The molecule has 1 amide bonds. The fourth-order valence-electron chi connectivity index (χ4n) is 3.54. The highest BCUT2D eigenvalue weighted by Gasteiger charge is 2.51. The molecule has 0 saturated carbocycles. The molecular formula is C15H17NO5.